The van der Waals surface area contributed by atoms with Crippen molar-refractivity contribution in [2.24, 2.45) is 0 Å². The molecule has 0 saturated carbocycles. The molecule has 16 heteroatoms. The molecular formula is C29H54O16. The van der Waals surface area contributed by atoms with E-state index in [2.05, 4.69) is 0 Å². The highest BCUT2D eigenvalue weighted by Crippen LogP contribution is 2.35. The molecule has 0 aromatic heterocycles. The van der Waals surface area contributed by atoms with Crippen molar-refractivity contribution in [1.82, 2.24) is 0 Å². The van der Waals surface area contributed by atoms with Gasteiger partial charge in [-0.2, -0.15) is 0 Å². The maximum atomic E-state index is 11.9. The van der Waals surface area contributed by atoms with Crippen LogP contribution in [0.5, 0.6) is 0 Å². The molecule has 2 heterocycles. The largest absolute Gasteiger partial charge is 0.382 e. The highest BCUT2D eigenvalue weighted by Gasteiger charge is 2.54. The van der Waals surface area contributed by atoms with Crippen molar-refractivity contribution in [3.63, 3.8) is 0 Å². The van der Waals surface area contributed by atoms with Crippen molar-refractivity contribution in [2.75, 3.05) is 98.0 Å². The average molecular weight is 659 g/mol. The van der Waals surface area contributed by atoms with E-state index in [1.54, 1.807) is 21.3 Å². The topological polar surface area (TPSA) is 156 Å². The first-order valence-electron chi connectivity index (χ1n) is 14.6. The van der Waals surface area contributed by atoms with Crippen LogP contribution in [0.15, 0.2) is 0 Å². The Labute approximate surface area is 266 Å². The highest BCUT2D eigenvalue weighted by atomic mass is 16.8. The van der Waals surface area contributed by atoms with E-state index < -0.39 is 85.8 Å². The van der Waals surface area contributed by atoms with Crippen molar-refractivity contribution in [3.05, 3.63) is 0 Å². The number of hydrogen-bond acceptors (Lipinski definition) is 16. The SMILES string of the molecule is COCC(OC)C(OC1OC(COC)C(OC2O[C@H](COC)[C@@H](OC)[C@H](OC)[C@@H]2OC)C(OC)C1OC)C(OC)C(C=O)OC. The number of methoxy groups -OCH3 is 11. The van der Waals surface area contributed by atoms with Crippen LogP contribution in [-0.4, -0.2) is 190 Å². The second-order valence-electron chi connectivity index (χ2n) is 10.5. The average Bonchev–Trinajstić information content (AvgIpc) is 3.05. The zero-order valence-electron chi connectivity index (χ0n) is 28.3. The van der Waals surface area contributed by atoms with E-state index in [-0.39, 0.29) is 19.8 Å². The highest BCUT2D eigenvalue weighted by molar-refractivity contribution is 5.57. The molecule has 10 unspecified atom stereocenters. The Balaban J connectivity index is 2.48. The lowest BCUT2D eigenvalue weighted by atomic mass is 9.96. The summed E-state index contributed by atoms with van der Waals surface area (Å²) in [6.45, 7) is 0.417. The molecule has 0 bridgehead atoms. The van der Waals surface area contributed by atoms with Gasteiger partial charge in [0.15, 0.2) is 18.9 Å². The summed E-state index contributed by atoms with van der Waals surface area (Å²) in [5.74, 6) is 0. The van der Waals surface area contributed by atoms with Gasteiger partial charge in [-0.3, -0.25) is 0 Å². The van der Waals surface area contributed by atoms with E-state index in [9.17, 15) is 4.79 Å². The predicted octanol–water partition coefficient (Wildman–Crippen LogP) is -0.535. The van der Waals surface area contributed by atoms with Crippen LogP contribution in [0.25, 0.3) is 0 Å². The minimum Gasteiger partial charge on any atom is -0.382 e. The molecule has 0 aromatic rings. The second kappa shape index (κ2) is 21.1. The monoisotopic (exact) mass is 658 g/mol. The Morgan fingerprint density at radius 1 is 0.556 bits per heavy atom. The third-order valence-corrected chi connectivity index (χ3v) is 8.11. The van der Waals surface area contributed by atoms with Gasteiger partial charge in [-0.25, -0.2) is 0 Å². The summed E-state index contributed by atoms with van der Waals surface area (Å²) < 4.78 is 88.1. The third kappa shape index (κ3) is 9.81. The van der Waals surface area contributed by atoms with Crippen LogP contribution < -0.4 is 0 Å². The molecule has 0 aromatic carbocycles. The maximum absolute atomic E-state index is 11.9. The molecule has 0 spiro atoms. The lowest BCUT2D eigenvalue weighted by Gasteiger charge is -2.50. The van der Waals surface area contributed by atoms with Crippen LogP contribution >= 0.6 is 0 Å². The van der Waals surface area contributed by atoms with Crippen molar-refractivity contribution in [3.8, 4) is 0 Å². The summed E-state index contributed by atoms with van der Waals surface area (Å²) in [6, 6.07) is 0. The van der Waals surface area contributed by atoms with Crippen molar-refractivity contribution >= 4 is 6.29 Å². The molecule has 2 saturated heterocycles. The second-order valence-corrected chi connectivity index (χ2v) is 10.5. The summed E-state index contributed by atoms with van der Waals surface area (Å²) in [7, 11) is 16.6. The molecule has 2 rings (SSSR count). The molecular weight excluding hydrogens is 604 g/mol. The molecule has 0 radical (unpaired) electrons. The quantitative estimate of drug-likeness (QED) is 0.137. The van der Waals surface area contributed by atoms with Crippen LogP contribution in [0.4, 0.5) is 0 Å². The minimum atomic E-state index is -1.07. The lowest BCUT2D eigenvalue weighted by Crippen LogP contribution is -2.67. The molecule has 45 heavy (non-hydrogen) atoms. The smallest absolute Gasteiger partial charge is 0.187 e. The minimum absolute atomic E-state index is 0.0836. The molecule has 2 fully saturated rings. The first-order chi connectivity index (χ1) is 21.8. The van der Waals surface area contributed by atoms with Gasteiger partial charge < -0.3 is 75.8 Å². The Bertz CT molecular complexity index is 793. The number of rotatable bonds is 22. The molecule has 0 amide bonds. The van der Waals surface area contributed by atoms with E-state index in [1.807, 2.05) is 0 Å². The molecule has 2 aliphatic rings. The molecule has 2 aliphatic heterocycles. The van der Waals surface area contributed by atoms with E-state index in [0.29, 0.717) is 6.29 Å². The summed E-state index contributed by atoms with van der Waals surface area (Å²) in [6.07, 6.45) is -10.3. The fraction of sp³-hybridized carbons (Fsp3) is 0.966. The van der Waals surface area contributed by atoms with Crippen LogP contribution in [-0.2, 0) is 75.8 Å². The van der Waals surface area contributed by atoms with Gasteiger partial charge in [0, 0.05) is 78.2 Å². The van der Waals surface area contributed by atoms with Gasteiger partial charge in [-0.1, -0.05) is 0 Å². The molecule has 16 nitrogen and oxygen atoms in total. The number of ether oxygens (including phenoxy) is 15. The van der Waals surface area contributed by atoms with E-state index in [0.717, 1.165) is 0 Å². The number of hydrogen-bond donors (Lipinski definition) is 0. The van der Waals surface area contributed by atoms with E-state index >= 15 is 0 Å². The predicted molar refractivity (Wildman–Crippen MR) is 155 cm³/mol. The summed E-state index contributed by atoms with van der Waals surface area (Å²) >= 11 is 0. The Morgan fingerprint density at radius 3 is 1.51 bits per heavy atom. The van der Waals surface area contributed by atoms with E-state index in [4.69, 9.17) is 71.1 Å². The van der Waals surface area contributed by atoms with Crippen molar-refractivity contribution < 1.29 is 75.8 Å². The fourth-order valence-electron chi connectivity index (χ4n) is 5.92. The molecule has 0 aliphatic carbocycles. The number of aldehydes is 1. The van der Waals surface area contributed by atoms with Gasteiger partial charge in [-0.05, 0) is 0 Å². The van der Waals surface area contributed by atoms with Gasteiger partial charge in [0.25, 0.3) is 0 Å². The summed E-state index contributed by atoms with van der Waals surface area (Å²) in [5, 5.41) is 0. The Kier molecular flexibility index (Phi) is 18.9. The molecule has 266 valence electrons. The Hall–Kier alpha value is -0.930. The summed E-state index contributed by atoms with van der Waals surface area (Å²) in [4.78, 5) is 11.9. The Morgan fingerprint density at radius 2 is 1.07 bits per heavy atom. The zero-order chi connectivity index (χ0) is 33.5. The van der Waals surface area contributed by atoms with Crippen LogP contribution in [0, 0.1) is 0 Å². The van der Waals surface area contributed by atoms with Crippen LogP contribution in [0.1, 0.15) is 0 Å². The van der Waals surface area contributed by atoms with Gasteiger partial charge in [0.1, 0.15) is 73.2 Å². The van der Waals surface area contributed by atoms with Crippen molar-refractivity contribution in [2.45, 2.75) is 85.8 Å². The van der Waals surface area contributed by atoms with Gasteiger partial charge >= 0.3 is 0 Å². The lowest BCUT2D eigenvalue weighted by molar-refractivity contribution is -0.375. The van der Waals surface area contributed by atoms with Gasteiger partial charge in [0.2, 0.25) is 0 Å². The van der Waals surface area contributed by atoms with E-state index in [1.165, 1.54) is 56.9 Å². The first-order valence-corrected chi connectivity index (χ1v) is 14.6. The molecule has 0 N–H and O–H groups in total. The number of carbonyl (C=O) groups excluding carboxylic acids is 1. The maximum Gasteiger partial charge on any atom is 0.187 e. The van der Waals surface area contributed by atoms with Gasteiger partial charge in [0.05, 0.1) is 19.8 Å². The third-order valence-electron chi connectivity index (χ3n) is 8.11. The zero-order valence-corrected chi connectivity index (χ0v) is 28.3. The first kappa shape index (κ1) is 40.2. The fourth-order valence-corrected chi connectivity index (χ4v) is 5.92. The summed E-state index contributed by atoms with van der Waals surface area (Å²) in [5.41, 5.74) is 0. The number of carbonyl (C=O) groups is 1. The van der Waals surface area contributed by atoms with Gasteiger partial charge in [-0.15, -0.1) is 0 Å². The standard InChI is InChI=1S/C29H54O16/c1-31-13-17(35-5)22(20(36-6)16(12-30)34-4)44-29-27(41-11)25(39-9)23(19(43-29)15-33-3)45-28-26(40-10)24(38-8)21(37-7)18(42-28)14-32-2/h12,16-29H,13-15H2,1-11H3/t16?,17?,18-,19?,20?,21-,22?,23?,24+,25?,26+,27?,28?,29?/m1/s1. The van der Waals surface area contributed by atoms with Crippen LogP contribution in [0.2, 0.25) is 0 Å². The van der Waals surface area contributed by atoms with Crippen LogP contribution in [0.3, 0.4) is 0 Å². The van der Waals surface area contributed by atoms with Crippen molar-refractivity contribution in [1.29, 1.82) is 0 Å². The molecule has 14 atom stereocenters. The normalized spacial score (nSPS) is 35.1.